The van der Waals surface area contributed by atoms with E-state index in [1.807, 2.05) is 0 Å². The number of carbonyl (C=O) groups excluding carboxylic acids is 2. The van der Waals surface area contributed by atoms with Crippen LogP contribution in [-0.4, -0.2) is 11.9 Å². The number of carbonyl (C=O) groups is 2. The van der Waals surface area contributed by atoms with Crippen LogP contribution in [0.4, 0.5) is 0 Å². The van der Waals surface area contributed by atoms with E-state index in [2.05, 4.69) is 23.5 Å². The molecule has 1 saturated heterocycles. The normalized spacial score (nSPS) is 20.8. The van der Waals surface area contributed by atoms with Gasteiger partial charge in [-0.15, -0.1) is 5.92 Å². The van der Waals surface area contributed by atoms with Gasteiger partial charge in [0.1, 0.15) is 5.92 Å². The Kier molecular flexibility index (Phi) is 3.51. The molecule has 70 valence electrons. The molecule has 0 aromatic heterocycles. The number of ether oxygens (including phenoxy) is 1. The van der Waals surface area contributed by atoms with Gasteiger partial charge in [0.15, 0.2) is 0 Å². The molecule has 1 aliphatic rings. The molecule has 1 aliphatic heterocycles. The molecule has 1 fully saturated rings. The summed E-state index contributed by atoms with van der Waals surface area (Å²) in [6.07, 6.45) is 3.03. The zero-order valence-electron chi connectivity index (χ0n) is 7.63. The van der Waals surface area contributed by atoms with Gasteiger partial charge in [0.2, 0.25) is 0 Å². The van der Waals surface area contributed by atoms with Crippen molar-refractivity contribution in [2.75, 3.05) is 0 Å². The summed E-state index contributed by atoms with van der Waals surface area (Å²) in [6, 6.07) is 0. The molecule has 3 heteroatoms. The third-order valence-corrected chi connectivity index (χ3v) is 1.80. The molecule has 1 rings (SSSR count). The molecule has 0 amide bonds. The zero-order chi connectivity index (χ0) is 9.68. The largest absolute Gasteiger partial charge is 0.392 e. The first-order valence-corrected chi connectivity index (χ1v) is 4.47. The van der Waals surface area contributed by atoms with E-state index in [0.29, 0.717) is 0 Å². The molecule has 0 radical (unpaired) electrons. The van der Waals surface area contributed by atoms with Crippen LogP contribution in [0.15, 0.2) is 0 Å². The molecule has 0 spiro atoms. The summed E-state index contributed by atoms with van der Waals surface area (Å²) in [7, 11) is 0. The van der Waals surface area contributed by atoms with E-state index in [1.165, 1.54) is 0 Å². The highest BCUT2D eigenvalue weighted by Gasteiger charge is 2.31. The van der Waals surface area contributed by atoms with Crippen LogP contribution >= 0.6 is 0 Å². The standard InChI is InChI=1S/C10H12O3/c1-2-3-4-5-6-8-7-9(11)13-10(8)12/h8H,2-4,7H2,1H3. The van der Waals surface area contributed by atoms with Crippen molar-refractivity contribution < 1.29 is 14.3 Å². The lowest BCUT2D eigenvalue weighted by atomic mass is 10.1. The molecule has 13 heavy (non-hydrogen) atoms. The molecule has 0 N–H and O–H groups in total. The van der Waals surface area contributed by atoms with Gasteiger partial charge >= 0.3 is 11.9 Å². The lowest BCUT2D eigenvalue weighted by Crippen LogP contribution is -2.04. The van der Waals surface area contributed by atoms with Gasteiger partial charge in [-0.3, -0.25) is 9.59 Å². The molecule has 1 unspecified atom stereocenters. The van der Waals surface area contributed by atoms with Crippen LogP contribution in [0, 0.1) is 17.8 Å². The van der Waals surface area contributed by atoms with Gasteiger partial charge in [0.05, 0.1) is 6.42 Å². The molecule has 0 aromatic rings. The summed E-state index contributed by atoms with van der Waals surface area (Å²) in [4.78, 5) is 21.5. The quantitative estimate of drug-likeness (QED) is 0.278. The molecule has 0 saturated carbocycles. The fourth-order valence-corrected chi connectivity index (χ4v) is 1.05. The van der Waals surface area contributed by atoms with Crippen molar-refractivity contribution in [1.29, 1.82) is 0 Å². The van der Waals surface area contributed by atoms with E-state index in [9.17, 15) is 9.59 Å². The second-order valence-corrected chi connectivity index (χ2v) is 2.97. The van der Waals surface area contributed by atoms with Crippen LogP contribution in [0.1, 0.15) is 32.6 Å². The summed E-state index contributed by atoms with van der Waals surface area (Å²) in [5, 5.41) is 0. The van der Waals surface area contributed by atoms with Gasteiger partial charge in [-0.2, -0.15) is 0 Å². The maximum atomic E-state index is 10.9. The minimum atomic E-state index is -0.510. The first kappa shape index (κ1) is 9.79. The molecule has 0 aliphatic carbocycles. The number of unbranched alkanes of at least 4 members (excludes halogenated alkanes) is 2. The van der Waals surface area contributed by atoms with Gasteiger partial charge < -0.3 is 4.74 Å². The lowest BCUT2D eigenvalue weighted by molar-refractivity contribution is -0.152. The van der Waals surface area contributed by atoms with E-state index < -0.39 is 17.9 Å². The Labute approximate surface area is 77.5 Å². The molecule has 0 aromatic carbocycles. The third-order valence-electron chi connectivity index (χ3n) is 1.80. The first-order chi connectivity index (χ1) is 6.24. The highest BCUT2D eigenvalue weighted by molar-refractivity contribution is 5.96. The molecular weight excluding hydrogens is 168 g/mol. The average molecular weight is 180 g/mol. The van der Waals surface area contributed by atoms with Crippen LogP contribution in [-0.2, 0) is 14.3 Å². The summed E-state index contributed by atoms with van der Waals surface area (Å²) >= 11 is 0. The molecule has 3 nitrogen and oxygen atoms in total. The Morgan fingerprint density at radius 3 is 2.85 bits per heavy atom. The fraction of sp³-hybridized carbons (Fsp3) is 0.600. The molecule has 1 heterocycles. The van der Waals surface area contributed by atoms with Crippen LogP contribution in [0.5, 0.6) is 0 Å². The van der Waals surface area contributed by atoms with Crippen molar-refractivity contribution in [3.8, 4) is 11.8 Å². The van der Waals surface area contributed by atoms with Crippen molar-refractivity contribution >= 4 is 11.9 Å². The van der Waals surface area contributed by atoms with Crippen molar-refractivity contribution in [3.63, 3.8) is 0 Å². The Bertz CT molecular complexity index is 270. The van der Waals surface area contributed by atoms with Crippen LogP contribution in [0.2, 0.25) is 0 Å². The highest BCUT2D eigenvalue weighted by atomic mass is 16.6. The number of hydrogen-bond acceptors (Lipinski definition) is 3. The van der Waals surface area contributed by atoms with Crippen molar-refractivity contribution in [1.82, 2.24) is 0 Å². The van der Waals surface area contributed by atoms with Gasteiger partial charge in [0, 0.05) is 6.42 Å². The van der Waals surface area contributed by atoms with E-state index in [1.54, 1.807) is 0 Å². The molecule has 1 atom stereocenters. The van der Waals surface area contributed by atoms with E-state index in [-0.39, 0.29) is 6.42 Å². The predicted molar refractivity (Wildman–Crippen MR) is 46.5 cm³/mol. The maximum Gasteiger partial charge on any atom is 0.329 e. The lowest BCUT2D eigenvalue weighted by Gasteiger charge is -1.90. The van der Waals surface area contributed by atoms with Crippen molar-refractivity contribution in [2.24, 2.45) is 5.92 Å². The molecule has 0 bridgehead atoms. The Morgan fingerprint density at radius 2 is 2.31 bits per heavy atom. The van der Waals surface area contributed by atoms with E-state index >= 15 is 0 Å². The summed E-state index contributed by atoms with van der Waals surface area (Å²) in [6.45, 7) is 2.08. The van der Waals surface area contributed by atoms with Crippen molar-refractivity contribution in [3.05, 3.63) is 0 Å². The zero-order valence-corrected chi connectivity index (χ0v) is 7.63. The van der Waals surface area contributed by atoms with Gasteiger partial charge in [-0.05, 0) is 6.42 Å². The first-order valence-electron chi connectivity index (χ1n) is 4.47. The fourth-order valence-electron chi connectivity index (χ4n) is 1.05. The SMILES string of the molecule is CCCCC#CC1CC(=O)OC1=O. The second-order valence-electron chi connectivity index (χ2n) is 2.97. The summed E-state index contributed by atoms with van der Waals surface area (Å²) in [5.41, 5.74) is 0. The number of cyclic esters (lactones) is 2. The topological polar surface area (TPSA) is 43.4 Å². The highest BCUT2D eigenvalue weighted by Crippen LogP contribution is 2.14. The summed E-state index contributed by atoms with van der Waals surface area (Å²) < 4.78 is 4.35. The number of esters is 2. The van der Waals surface area contributed by atoms with Gasteiger partial charge in [-0.1, -0.05) is 19.3 Å². The summed E-state index contributed by atoms with van der Waals surface area (Å²) in [5.74, 6) is 4.17. The van der Waals surface area contributed by atoms with Crippen LogP contribution in [0.3, 0.4) is 0 Å². The minimum Gasteiger partial charge on any atom is -0.392 e. The number of rotatable bonds is 2. The number of hydrogen-bond donors (Lipinski definition) is 0. The maximum absolute atomic E-state index is 10.9. The second kappa shape index (κ2) is 4.66. The van der Waals surface area contributed by atoms with E-state index in [0.717, 1.165) is 19.3 Å². The predicted octanol–water partition coefficient (Wildman–Crippen LogP) is 1.27. The monoisotopic (exact) mass is 180 g/mol. The minimum absolute atomic E-state index is 0.123. The Morgan fingerprint density at radius 1 is 1.54 bits per heavy atom. The van der Waals surface area contributed by atoms with Crippen LogP contribution in [0.25, 0.3) is 0 Å². The van der Waals surface area contributed by atoms with Gasteiger partial charge in [0.25, 0.3) is 0 Å². The van der Waals surface area contributed by atoms with Gasteiger partial charge in [-0.25, -0.2) is 0 Å². The van der Waals surface area contributed by atoms with E-state index in [4.69, 9.17) is 0 Å². The van der Waals surface area contributed by atoms with Crippen LogP contribution < -0.4 is 0 Å². The third kappa shape index (κ3) is 2.90. The average Bonchev–Trinajstić information content (AvgIpc) is 2.39. The van der Waals surface area contributed by atoms with Crippen molar-refractivity contribution in [2.45, 2.75) is 32.6 Å². The Hall–Kier alpha value is -1.30. The Balaban J connectivity index is 2.39. The molecular formula is C10H12O3. The smallest absolute Gasteiger partial charge is 0.329 e.